The van der Waals surface area contributed by atoms with Gasteiger partial charge in [0.1, 0.15) is 0 Å². The number of hydrogen-bond acceptors (Lipinski definition) is 6. The highest BCUT2D eigenvalue weighted by Gasteiger charge is 2.71. The standard InChI is InChI=1S/C92H54S6/c1-3-5-7-9-11-13-15-17-19-21-23-93-87-88(94-24-22-20-18-16-14-12-10-8-6-4-2)98-90(97-87)89-95-27-25-91-83-75-67-57-47-39-31-29-30-33-37-35(31)43-51-45(37)55-49-41(33)42-34(30)38-36-32(29)40(39)48-54-44(36)52-46(38)56-50(42)60-59(49)69-63(55)73-65(51)71(61(67)53(43)47)79(83)81(73)85-77(69)78-70(60)64(56)74-66(52)72-62(54)68(58(48)57)76(75)84(91)80(72)82(74)86(78)92(85,91)26-28(27)96-89/h3-26H2,1-2H3. The molecule has 6 heteroatoms. The zero-order chi connectivity index (χ0) is 61.2. The Hall–Kier alpha value is -6.22. The fourth-order valence-corrected chi connectivity index (χ4v) is 38.7. The maximum atomic E-state index is 2.34. The predicted molar refractivity (Wildman–Crippen MR) is 443 cm³/mol. The van der Waals surface area contributed by atoms with Gasteiger partial charge in [-0.05, 0) is 350 Å². The Balaban J connectivity index is 0.640. The van der Waals surface area contributed by atoms with Crippen molar-refractivity contribution in [3.63, 3.8) is 0 Å². The van der Waals surface area contributed by atoms with Gasteiger partial charge in [0.15, 0.2) is 0 Å². The summed E-state index contributed by atoms with van der Waals surface area (Å²) in [5.74, 6) is 2.52. The van der Waals surface area contributed by atoms with E-state index in [2.05, 4.69) is 84.4 Å². The quantitative estimate of drug-likeness (QED) is 0.0434. The van der Waals surface area contributed by atoms with Crippen molar-refractivity contribution in [1.29, 1.82) is 0 Å². The van der Waals surface area contributed by atoms with Gasteiger partial charge in [-0.25, -0.2) is 0 Å². The lowest BCUT2D eigenvalue weighted by Crippen LogP contribution is -2.53. The molecule has 7 aliphatic rings. The number of thioether (sulfide) groups is 6. The molecule has 0 N–H and O–H groups in total. The van der Waals surface area contributed by atoms with Gasteiger partial charge in [-0.3, -0.25) is 0 Å². The molecule has 0 saturated heterocycles. The molecule has 98 heavy (non-hydrogen) atoms. The molecule has 2 spiro atoms. The van der Waals surface area contributed by atoms with Crippen LogP contribution >= 0.6 is 70.6 Å². The van der Waals surface area contributed by atoms with Gasteiger partial charge in [0.25, 0.3) is 0 Å². The highest BCUT2D eigenvalue weighted by atomic mass is 32.3. The fourth-order valence-electron chi connectivity index (χ4n) is 29.5. The molecular formula is C92H54S6. The second-order valence-electron chi connectivity index (χ2n) is 34.4. The number of hydrogen-bond donors (Lipinski definition) is 0. The normalized spacial score (nSPS) is 21.2. The van der Waals surface area contributed by atoms with Crippen LogP contribution in [0.1, 0.15) is 177 Å². The van der Waals surface area contributed by atoms with Crippen LogP contribution in [0.2, 0.25) is 0 Å². The van der Waals surface area contributed by atoms with Crippen molar-refractivity contribution in [2.45, 2.75) is 166 Å². The zero-order valence-electron chi connectivity index (χ0n) is 54.4. The summed E-state index contributed by atoms with van der Waals surface area (Å²) in [4.78, 5) is 3.49. The van der Waals surface area contributed by atoms with E-state index in [1.807, 2.05) is 22.3 Å². The summed E-state index contributed by atoms with van der Waals surface area (Å²) in [6.45, 7) is 4.69. The van der Waals surface area contributed by atoms with Crippen LogP contribution in [-0.4, -0.2) is 11.5 Å². The largest absolute Gasteiger partial charge is 0.117 e. The van der Waals surface area contributed by atoms with Gasteiger partial charge < -0.3 is 0 Å². The SMILES string of the molecule is CCCCCCCCCCCCSC1=C(SCCCCCCCCCCCC)SC(=C2SC3=C(CC45c6c7c8c9c%10c%11c(c%12c%13c4c4c6c6c%14c7c7c8c8c%10c%10c%15c%11c%11c%12c%12c%13c%13c4c4c6c6c%14c%14c7c7c8c%10c8c%10c%15c%11c%11c%12c%12c%13c4c4c6c6c%14c7c8c7c%10c%11c%12c4c67)C95C3)S2)S1. The van der Waals surface area contributed by atoms with Crippen LogP contribution in [-0.2, 0) is 10.8 Å². The average Bonchev–Trinajstić information content (AvgIpc) is 1.38. The van der Waals surface area contributed by atoms with Crippen molar-refractivity contribution in [2.75, 3.05) is 11.5 Å². The van der Waals surface area contributed by atoms with Gasteiger partial charge in [-0.15, -0.1) is 23.5 Å². The summed E-state index contributed by atoms with van der Waals surface area (Å²) < 4.78 is 6.51. The van der Waals surface area contributed by atoms with E-state index < -0.39 is 0 Å². The topological polar surface area (TPSA) is 0 Å². The first-order valence-corrected chi connectivity index (χ1v) is 43.9. The Bertz CT molecular complexity index is 7520. The van der Waals surface area contributed by atoms with E-state index in [1.165, 1.54) is 140 Å². The number of rotatable bonds is 24. The van der Waals surface area contributed by atoms with Gasteiger partial charge in [0.05, 0.1) is 16.9 Å². The van der Waals surface area contributed by atoms with E-state index in [4.69, 9.17) is 0 Å². The molecule has 0 amide bonds. The molecule has 28 aromatic carbocycles. The Labute approximate surface area is 582 Å². The summed E-state index contributed by atoms with van der Waals surface area (Å²) in [5.41, 5.74) is 6.93. The molecule has 0 nitrogen and oxygen atoms in total. The molecule has 458 valence electrons. The predicted octanol–water partition coefficient (Wildman–Crippen LogP) is 30.8. The second kappa shape index (κ2) is 14.1. The lowest BCUT2D eigenvalue weighted by Gasteiger charge is -2.57. The maximum absolute atomic E-state index is 2.34. The van der Waals surface area contributed by atoms with Crippen molar-refractivity contribution < 1.29 is 0 Å². The number of benzene rings is 18. The van der Waals surface area contributed by atoms with Crippen LogP contribution in [0.4, 0.5) is 0 Å². The Morgan fingerprint density at radius 1 is 0.204 bits per heavy atom. The summed E-state index contributed by atoms with van der Waals surface area (Å²) in [5, 5.41) is 92.1. The third-order valence-electron chi connectivity index (χ3n) is 31.4. The molecule has 2 aliphatic heterocycles. The lowest BCUT2D eigenvalue weighted by molar-refractivity contribution is 0.309. The first-order chi connectivity index (χ1) is 48.8. The molecule has 0 aromatic heterocycles. The lowest BCUT2D eigenvalue weighted by atomic mass is 9.45. The highest BCUT2D eigenvalue weighted by Crippen LogP contribution is 2.87. The van der Waals surface area contributed by atoms with Gasteiger partial charge in [-0.2, -0.15) is 0 Å². The van der Waals surface area contributed by atoms with Crippen molar-refractivity contribution >= 4 is 361 Å². The van der Waals surface area contributed by atoms with Crippen LogP contribution in [0.3, 0.4) is 0 Å². The van der Waals surface area contributed by atoms with Crippen LogP contribution in [0.5, 0.6) is 0 Å². The zero-order valence-corrected chi connectivity index (χ0v) is 59.3. The third-order valence-corrected chi connectivity index (χ3v) is 40.3. The summed E-state index contributed by atoms with van der Waals surface area (Å²) in [6.07, 6.45) is 30.4. The molecule has 0 atom stereocenters. The molecule has 35 rings (SSSR count). The van der Waals surface area contributed by atoms with E-state index in [0.29, 0.717) is 0 Å². The van der Waals surface area contributed by atoms with E-state index in [0.717, 1.165) is 12.8 Å². The van der Waals surface area contributed by atoms with Gasteiger partial charge in [0.2, 0.25) is 0 Å². The average molecular weight is 1350 g/mol. The summed E-state index contributed by atoms with van der Waals surface area (Å²) >= 11 is 13.5. The minimum Gasteiger partial charge on any atom is -0.117 e. The van der Waals surface area contributed by atoms with E-state index >= 15 is 0 Å². The van der Waals surface area contributed by atoms with Gasteiger partial charge in [0, 0.05) is 20.6 Å². The van der Waals surface area contributed by atoms with Gasteiger partial charge >= 0.3 is 0 Å². The molecule has 28 aromatic rings. The van der Waals surface area contributed by atoms with E-state index in [1.54, 1.807) is 318 Å². The van der Waals surface area contributed by atoms with Crippen molar-refractivity contribution in [3.8, 4) is 0 Å². The van der Waals surface area contributed by atoms with Crippen molar-refractivity contribution in [1.82, 2.24) is 0 Å². The monoisotopic (exact) mass is 1350 g/mol. The molecule has 0 fully saturated rings. The Morgan fingerprint density at radius 3 is 0.561 bits per heavy atom. The first-order valence-electron chi connectivity index (χ1n) is 38.7. The number of unbranched alkanes of at least 4 members (excludes halogenated alkanes) is 18. The maximum Gasteiger partial charge on any atom is 0.0717 e. The van der Waals surface area contributed by atoms with Crippen LogP contribution in [0.25, 0.3) is 291 Å². The third kappa shape index (κ3) is 3.81. The van der Waals surface area contributed by atoms with Crippen LogP contribution in [0.15, 0.2) is 26.8 Å². The number of allylic oxidation sites excluding steroid dienone is 2. The molecule has 0 radical (unpaired) electrons. The molecule has 5 aliphatic carbocycles. The van der Waals surface area contributed by atoms with Crippen molar-refractivity contribution in [2.24, 2.45) is 0 Å². The molecular weight excluding hydrogens is 1300 g/mol. The molecule has 0 bridgehead atoms. The Kier molecular flexibility index (Phi) is 6.99. The Morgan fingerprint density at radius 2 is 0.367 bits per heavy atom. The highest BCUT2D eigenvalue weighted by molar-refractivity contribution is 8.42. The van der Waals surface area contributed by atoms with Crippen molar-refractivity contribution in [3.05, 3.63) is 49.0 Å². The summed E-state index contributed by atoms with van der Waals surface area (Å²) in [6, 6.07) is 0. The molecule has 0 saturated carbocycles. The van der Waals surface area contributed by atoms with Gasteiger partial charge in [-0.1, -0.05) is 176 Å². The van der Waals surface area contributed by atoms with E-state index in [-0.39, 0.29) is 10.8 Å². The fraction of sp³-hybridized carbons (Fsp3) is 0.304. The smallest absolute Gasteiger partial charge is 0.0717 e. The van der Waals surface area contributed by atoms with Crippen LogP contribution in [0, 0.1) is 0 Å². The minimum atomic E-state index is -0.217. The molecule has 2 heterocycles. The second-order valence-corrected chi connectivity index (χ2v) is 41.9. The molecule has 0 unspecified atom stereocenters. The first kappa shape index (κ1) is 48.6. The summed E-state index contributed by atoms with van der Waals surface area (Å²) in [7, 11) is 0. The van der Waals surface area contributed by atoms with E-state index in [9.17, 15) is 0 Å². The minimum absolute atomic E-state index is 0.217. The van der Waals surface area contributed by atoms with Crippen LogP contribution < -0.4 is 0 Å².